The van der Waals surface area contributed by atoms with Crippen molar-refractivity contribution in [1.82, 2.24) is 9.78 Å². The van der Waals surface area contributed by atoms with E-state index >= 15 is 0 Å². The fraction of sp³-hybridized carbons (Fsp3) is 0.692. The van der Waals surface area contributed by atoms with Crippen molar-refractivity contribution in [3.05, 3.63) is 15.9 Å². The highest BCUT2D eigenvalue weighted by Crippen LogP contribution is 2.37. The lowest BCUT2D eigenvalue weighted by molar-refractivity contribution is -0.122. The van der Waals surface area contributed by atoms with Crippen LogP contribution in [0.5, 0.6) is 0 Å². The lowest BCUT2D eigenvalue weighted by Gasteiger charge is -2.09. The summed E-state index contributed by atoms with van der Waals surface area (Å²) in [7, 11) is 1.91. The molecule has 17 heavy (non-hydrogen) atoms. The number of carbonyl (C=O) groups excluding carboxylic acids is 1. The third-order valence-corrected chi connectivity index (χ3v) is 4.60. The van der Waals surface area contributed by atoms with Crippen molar-refractivity contribution in [3.8, 4) is 0 Å². The number of aryl methyl sites for hydroxylation is 2. The molecule has 1 unspecified atom stereocenters. The van der Waals surface area contributed by atoms with Crippen LogP contribution in [0, 0.1) is 11.8 Å². The second-order valence-electron chi connectivity index (χ2n) is 4.95. The van der Waals surface area contributed by atoms with Crippen LogP contribution in [0.15, 0.2) is 4.47 Å². The van der Waals surface area contributed by atoms with Crippen molar-refractivity contribution in [2.45, 2.75) is 39.5 Å². The average molecular weight is 299 g/mol. The molecule has 1 fully saturated rings. The maximum absolute atomic E-state index is 12.1. The number of hydrogen-bond acceptors (Lipinski definition) is 2. The summed E-state index contributed by atoms with van der Waals surface area (Å²) in [5, 5.41) is 4.42. The van der Waals surface area contributed by atoms with Crippen LogP contribution in [-0.4, -0.2) is 15.6 Å². The summed E-state index contributed by atoms with van der Waals surface area (Å²) < 4.78 is 2.85. The number of rotatable bonds is 5. The number of Topliss-reactive ketones (excluding diaryl/α,β-unsaturated/α-hetero) is 1. The normalized spacial score (nSPS) is 17.2. The Balaban J connectivity index is 2.12. The molecule has 1 aliphatic rings. The summed E-state index contributed by atoms with van der Waals surface area (Å²) in [5.74, 6) is 1.20. The number of ketones is 1. The van der Waals surface area contributed by atoms with E-state index in [4.69, 9.17) is 0 Å². The van der Waals surface area contributed by atoms with E-state index in [1.165, 1.54) is 12.8 Å². The molecule has 3 nitrogen and oxygen atoms in total. The molecule has 1 saturated carbocycles. The minimum atomic E-state index is 0.210. The van der Waals surface area contributed by atoms with E-state index in [-0.39, 0.29) is 5.92 Å². The molecular formula is C13H19BrN2O. The van der Waals surface area contributed by atoms with Crippen LogP contribution in [0.4, 0.5) is 0 Å². The second-order valence-corrected chi connectivity index (χ2v) is 5.75. The quantitative estimate of drug-likeness (QED) is 0.838. The number of nitrogens with zero attached hydrogens (tertiary/aromatic N) is 2. The van der Waals surface area contributed by atoms with Gasteiger partial charge in [-0.25, -0.2) is 0 Å². The van der Waals surface area contributed by atoms with Crippen molar-refractivity contribution < 1.29 is 4.79 Å². The van der Waals surface area contributed by atoms with Crippen LogP contribution in [-0.2, 0) is 24.7 Å². The van der Waals surface area contributed by atoms with Gasteiger partial charge < -0.3 is 0 Å². The van der Waals surface area contributed by atoms with E-state index in [1.807, 2.05) is 11.7 Å². The standard InChI is InChI=1S/C13H19BrN2O/c1-4-10-13(14)11(16(3)15-10)7-12(17)8(2)9-5-6-9/h8-9H,4-7H2,1-3H3. The maximum Gasteiger partial charge on any atom is 0.141 e. The molecule has 1 aliphatic carbocycles. The van der Waals surface area contributed by atoms with Gasteiger partial charge in [0, 0.05) is 19.4 Å². The van der Waals surface area contributed by atoms with Gasteiger partial charge in [-0.2, -0.15) is 5.10 Å². The van der Waals surface area contributed by atoms with Gasteiger partial charge >= 0.3 is 0 Å². The highest BCUT2D eigenvalue weighted by molar-refractivity contribution is 9.10. The summed E-state index contributed by atoms with van der Waals surface area (Å²) in [6.07, 6.45) is 3.84. The predicted molar refractivity (Wildman–Crippen MR) is 70.9 cm³/mol. The fourth-order valence-corrected chi connectivity index (χ4v) is 2.95. The molecule has 0 bridgehead atoms. The second kappa shape index (κ2) is 4.92. The number of hydrogen-bond donors (Lipinski definition) is 0. The lowest BCUT2D eigenvalue weighted by Crippen LogP contribution is -2.17. The molecule has 0 aromatic carbocycles. The molecule has 1 aromatic rings. The van der Waals surface area contributed by atoms with Crippen molar-refractivity contribution in [3.63, 3.8) is 0 Å². The van der Waals surface area contributed by atoms with Gasteiger partial charge in [0.05, 0.1) is 15.9 Å². The van der Waals surface area contributed by atoms with Gasteiger partial charge in [-0.15, -0.1) is 0 Å². The number of aromatic nitrogens is 2. The number of halogens is 1. The van der Waals surface area contributed by atoms with Crippen LogP contribution in [0.2, 0.25) is 0 Å². The Hall–Kier alpha value is -0.640. The van der Waals surface area contributed by atoms with E-state index in [0.29, 0.717) is 18.1 Å². The van der Waals surface area contributed by atoms with Crippen LogP contribution in [0.3, 0.4) is 0 Å². The van der Waals surface area contributed by atoms with Crippen molar-refractivity contribution in [2.24, 2.45) is 18.9 Å². The summed E-state index contributed by atoms with van der Waals surface area (Å²) in [6, 6.07) is 0. The molecule has 1 aromatic heterocycles. The molecule has 0 saturated heterocycles. The Bertz CT molecular complexity index is 435. The van der Waals surface area contributed by atoms with Gasteiger partial charge in [-0.05, 0) is 41.1 Å². The van der Waals surface area contributed by atoms with E-state index in [2.05, 4.69) is 34.9 Å². The molecule has 1 atom stereocenters. The zero-order valence-corrected chi connectivity index (χ0v) is 12.2. The van der Waals surface area contributed by atoms with E-state index in [0.717, 1.165) is 22.3 Å². The molecular weight excluding hydrogens is 280 g/mol. The molecule has 94 valence electrons. The van der Waals surface area contributed by atoms with Gasteiger partial charge in [-0.1, -0.05) is 13.8 Å². The molecule has 0 amide bonds. The molecule has 2 rings (SSSR count). The van der Waals surface area contributed by atoms with E-state index in [1.54, 1.807) is 0 Å². The zero-order valence-electron chi connectivity index (χ0n) is 10.7. The topological polar surface area (TPSA) is 34.9 Å². The highest BCUT2D eigenvalue weighted by atomic mass is 79.9. The first-order valence-electron chi connectivity index (χ1n) is 6.27. The first-order valence-corrected chi connectivity index (χ1v) is 7.06. The minimum absolute atomic E-state index is 0.210. The Morgan fingerprint density at radius 3 is 2.71 bits per heavy atom. The SMILES string of the molecule is CCc1nn(C)c(CC(=O)C(C)C2CC2)c1Br. The molecule has 0 spiro atoms. The van der Waals surface area contributed by atoms with Crippen molar-refractivity contribution in [2.75, 3.05) is 0 Å². The first kappa shape index (κ1) is 12.8. The highest BCUT2D eigenvalue weighted by Gasteiger charge is 2.33. The van der Waals surface area contributed by atoms with Crippen LogP contribution < -0.4 is 0 Å². The monoisotopic (exact) mass is 298 g/mol. The fourth-order valence-electron chi connectivity index (χ4n) is 2.20. The Labute approximate surface area is 111 Å². The van der Waals surface area contributed by atoms with E-state index < -0.39 is 0 Å². The van der Waals surface area contributed by atoms with Crippen LogP contribution in [0.1, 0.15) is 38.1 Å². The predicted octanol–water partition coefficient (Wildman–Crippen LogP) is 2.90. The molecule has 1 heterocycles. The van der Waals surface area contributed by atoms with Crippen molar-refractivity contribution >= 4 is 21.7 Å². The smallest absolute Gasteiger partial charge is 0.141 e. The largest absolute Gasteiger partial charge is 0.299 e. The van der Waals surface area contributed by atoms with Gasteiger partial charge in [0.2, 0.25) is 0 Å². The molecule has 0 aliphatic heterocycles. The van der Waals surface area contributed by atoms with E-state index in [9.17, 15) is 4.79 Å². The van der Waals surface area contributed by atoms with Gasteiger partial charge in [0.15, 0.2) is 0 Å². The Morgan fingerprint density at radius 2 is 2.24 bits per heavy atom. The summed E-state index contributed by atoms with van der Waals surface area (Å²) >= 11 is 3.56. The molecule has 0 N–H and O–H groups in total. The van der Waals surface area contributed by atoms with Crippen LogP contribution in [0.25, 0.3) is 0 Å². The molecule has 4 heteroatoms. The van der Waals surface area contributed by atoms with Gasteiger partial charge in [0.25, 0.3) is 0 Å². The number of carbonyl (C=O) groups is 1. The summed E-state index contributed by atoms with van der Waals surface area (Å²) in [6.45, 7) is 4.14. The molecule has 0 radical (unpaired) electrons. The lowest BCUT2D eigenvalue weighted by atomic mass is 9.97. The summed E-state index contributed by atoms with van der Waals surface area (Å²) in [4.78, 5) is 12.1. The van der Waals surface area contributed by atoms with Crippen LogP contribution >= 0.6 is 15.9 Å². The Morgan fingerprint density at radius 1 is 1.59 bits per heavy atom. The maximum atomic E-state index is 12.1. The zero-order chi connectivity index (χ0) is 12.6. The van der Waals surface area contributed by atoms with Crippen molar-refractivity contribution in [1.29, 1.82) is 0 Å². The summed E-state index contributed by atoms with van der Waals surface area (Å²) in [5.41, 5.74) is 2.05. The Kier molecular flexibility index (Phi) is 3.71. The first-order chi connectivity index (χ1) is 8.04. The average Bonchev–Trinajstić information content (AvgIpc) is 3.10. The minimum Gasteiger partial charge on any atom is -0.299 e. The third kappa shape index (κ3) is 2.62. The third-order valence-electron chi connectivity index (χ3n) is 3.68. The van der Waals surface area contributed by atoms with Gasteiger partial charge in [0.1, 0.15) is 5.78 Å². The van der Waals surface area contributed by atoms with Gasteiger partial charge in [-0.3, -0.25) is 9.48 Å².